The molecule has 0 radical (unpaired) electrons. The van der Waals surface area contributed by atoms with Gasteiger partial charge in [0.05, 0.1) is 19.3 Å². The van der Waals surface area contributed by atoms with Crippen molar-refractivity contribution in [3.05, 3.63) is 59.0 Å². The topological polar surface area (TPSA) is 129 Å². The van der Waals surface area contributed by atoms with Crippen molar-refractivity contribution >= 4 is 39.3 Å². The van der Waals surface area contributed by atoms with Crippen LogP contribution in [0.4, 0.5) is 5.69 Å². The Kier molecular flexibility index (Phi) is 8.51. The first-order chi connectivity index (χ1) is 19.3. The van der Waals surface area contributed by atoms with Gasteiger partial charge in [0.25, 0.3) is 5.91 Å². The molecule has 0 unspecified atom stereocenters. The van der Waals surface area contributed by atoms with Crippen molar-refractivity contribution in [1.82, 2.24) is 10.2 Å². The zero-order chi connectivity index (χ0) is 28.4. The molecule has 1 aromatic heterocycles. The van der Waals surface area contributed by atoms with Gasteiger partial charge in [-0.15, -0.1) is 11.3 Å². The van der Waals surface area contributed by atoms with E-state index in [-0.39, 0.29) is 12.2 Å². The third-order valence-corrected chi connectivity index (χ3v) is 9.05. The Bertz CT molecular complexity index is 1460. The number of aliphatic hydroxyl groups excluding tert-OH is 3. The Balaban J connectivity index is 1.32. The van der Waals surface area contributed by atoms with Crippen LogP contribution in [0.25, 0.3) is 26.8 Å². The molecule has 2 fully saturated rings. The van der Waals surface area contributed by atoms with Gasteiger partial charge in [0, 0.05) is 41.6 Å². The van der Waals surface area contributed by atoms with Crippen LogP contribution in [0.2, 0.25) is 0 Å². The van der Waals surface area contributed by atoms with Crippen molar-refractivity contribution in [3.63, 3.8) is 0 Å². The van der Waals surface area contributed by atoms with Crippen molar-refractivity contribution in [2.24, 2.45) is 0 Å². The molecule has 4 N–H and O–H groups in total. The van der Waals surface area contributed by atoms with Gasteiger partial charge in [-0.05, 0) is 66.2 Å². The highest BCUT2D eigenvalue weighted by Gasteiger charge is 2.39. The van der Waals surface area contributed by atoms with E-state index in [1.54, 1.807) is 6.92 Å². The van der Waals surface area contributed by atoms with E-state index in [0.717, 1.165) is 46.9 Å². The summed E-state index contributed by atoms with van der Waals surface area (Å²) in [5.41, 5.74) is 2.75. The van der Waals surface area contributed by atoms with Crippen LogP contribution < -0.4 is 10.2 Å². The summed E-state index contributed by atoms with van der Waals surface area (Å²) in [6.07, 6.45) is -3.59. The highest BCUT2D eigenvalue weighted by molar-refractivity contribution is 7.16. The van der Waals surface area contributed by atoms with Crippen LogP contribution in [0.15, 0.2) is 54.1 Å². The van der Waals surface area contributed by atoms with E-state index in [9.17, 15) is 25.4 Å². The molecule has 0 bridgehead atoms. The minimum absolute atomic E-state index is 0.0747. The predicted molar refractivity (Wildman–Crippen MR) is 156 cm³/mol. The Labute approximate surface area is 237 Å². The summed E-state index contributed by atoms with van der Waals surface area (Å²) in [6, 6.07) is 17.9. The van der Waals surface area contributed by atoms with E-state index in [1.807, 2.05) is 18.2 Å². The average molecular weight is 563 g/mol. The van der Waals surface area contributed by atoms with Crippen LogP contribution in [0.3, 0.4) is 0 Å². The van der Waals surface area contributed by atoms with E-state index in [2.05, 4.69) is 58.6 Å². The number of ether oxygens (including phenoxy) is 1. The first-order valence-electron chi connectivity index (χ1n) is 13.4. The number of carbonyl (C=O) groups excluding carboxylic acids is 1. The zero-order valence-electron chi connectivity index (χ0n) is 22.6. The Morgan fingerprint density at radius 2 is 1.80 bits per heavy atom. The van der Waals surface area contributed by atoms with E-state index in [4.69, 9.17) is 4.74 Å². The fourth-order valence-electron chi connectivity index (χ4n) is 5.18. The van der Waals surface area contributed by atoms with Gasteiger partial charge in [-0.2, -0.15) is 5.26 Å². The third-order valence-electron chi connectivity index (χ3n) is 7.80. The summed E-state index contributed by atoms with van der Waals surface area (Å²) in [7, 11) is 2.15. The molecule has 0 spiro atoms. The number of nitrogens with zero attached hydrogens (tertiary/aromatic N) is 3. The van der Waals surface area contributed by atoms with Crippen molar-refractivity contribution in [2.75, 3.05) is 51.3 Å². The maximum absolute atomic E-state index is 13.0. The third kappa shape index (κ3) is 5.76. The van der Waals surface area contributed by atoms with Gasteiger partial charge >= 0.3 is 0 Å². The van der Waals surface area contributed by atoms with Gasteiger partial charge in [-0.1, -0.05) is 18.2 Å². The molecule has 2 aromatic carbocycles. The molecule has 9 nitrogen and oxygen atoms in total. The normalized spacial score (nSPS) is 24.4. The number of fused-ring (bicyclic) bond motifs is 1. The molecule has 2 aliphatic rings. The number of nitriles is 1. The molecule has 3 aromatic rings. The number of hydrogen-bond acceptors (Lipinski definition) is 9. The number of benzene rings is 2. The number of hydrogen-bond donors (Lipinski definition) is 4. The number of thiophene rings is 1. The average Bonchev–Trinajstić information content (AvgIpc) is 3.46. The molecule has 4 atom stereocenters. The maximum Gasteiger partial charge on any atom is 0.262 e. The van der Waals surface area contributed by atoms with Gasteiger partial charge < -0.3 is 35.2 Å². The second kappa shape index (κ2) is 12.1. The number of nitrogens with one attached hydrogen (secondary N) is 1. The molecule has 10 heteroatoms. The number of likely N-dealkylation sites (N-methyl/N-ethyl adjacent to an activating group) is 1. The van der Waals surface area contributed by atoms with Crippen molar-refractivity contribution in [1.29, 1.82) is 5.26 Å². The lowest BCUT2D eigenvalue weighted by molar-refractivity contribution is -0.163. The minimum Gasteiger partial charge on any atom is -0.394 e. The molecule has 5 rings (SSSR count). The fraction of sp³-hybridized carbons (Fsp3) is 0.400. The van der Waals surface area contributed by atoms with Gasteiger partial charge in [0.2, 0.25) is 0 Å². The lowest BCUT2D eigenvalue weighted by Gasteiger charge is -2.37. The van der Waals surface area contributed by atoms with Crippen LogP contribution >= 0.6 is 11.3 Å². The number of anilines is 1. The molecule has 210 valence electrons. The molecule has 2 saturated heterocycles. The second-order valence-electron chi connectivity index (χ2n) is 10.4. The molecular formula is C30H34N4O5S. The molecule has 2 aliphatic heterocycles. The van der Waals surface area contributed by atoms with Crippen LogP contribution in [0.1, 0.15) is 11.8 Å². The highest BCUT2D eigenvalue weighted by atomic mass is 32.1. The summed E-state index contributed by atoms with van der Waals surface area (Å²) >= 11 is 1.50. The number of rotatable bonds is 6. The monoisotopic (exact) mass is 562 g/mol. The molecule has 40 heavy (non-hydrogen) atoms. The predicted octanol–water partition coefficient (Wildman–Crippen LogP) is 2.21. The van der Waals surface area contributed by atoms with Crippen molar-refractivity contribution in [3.8, 4) is 16.5 Å². The fourth-order valence-corrected chi connectivity index (χ4v) is 6.19. The number of carbonyl (C=O) groups is 1. The number of piperazine rings is 1. The van der Waals surface area contributed by atoms with Gasteiger partial charge in [0.15, 0.2) is 0 Å². The molecule has 3 heterocycles. The number of allylic oxidation sites excluding steroid dienone is 1. The summed E-state index contributed by atoms with van der Waals surface area (Å²) in [4.78, 5) is 19.5. The van der Waals surface area contributed by atoms with Gasteiger partial charge in [-0.25, -0.2) is 0 Å². The quantitative estimate of drug-likeness (QED) is 0.266. The van der Waals surface area contributed by atoms with Gasteiger partial charge in [-0.3, -0.25) is 4.79 Å². The summed E-state index contributed by atoms with van der Waals surface area (Å²) in [5.74, 6) is -0.654. The highest BCUT2D eigenvalue weighted by Crippen LogP contribution is 2.35. The number of amides is 1. The Morgan fingerprint density at radius 3 is 2.52 bits per heavy atom. The van der Waals surface area contributed by atoms with Crippen LogP contribution in [-0.4, -0.2) is 96.9 Å². The summed E-state index contributed by atoms with van der Waals surface area (Å²) in [5, 5.41) is 44.4. The largest absolute Gasteiger partial charge is 0.394 e. The maximum atomic E-state index is 13.0. The van der Waals surface area contributed by atoms with Crippen LogP contribution in [0, 0.1) is 11.3 Å². The van der Waals surface area contributed by atoms with Gasteiger partial charge in [0.1, 0.15) is 30.0 Å². The van der Waals surface area contributed by atoms with Crippen molar-refractivity contribution < 1.29 is 24.9 Å². The van der Waals surface area contributed by atoms with Crippen molar-refractivity contribution in [2.45, 2.75) is 31.3 Å². The second-order valence-corrected chi connectivity index (χ2v) is 11.5. The molecule has 1 amide bonds. The lowest BCUT2D eigenvalue weighted by Crippen LogP contribution is -2.60. The molecule has 0 aliphatic carbocycles. The van der Waals surface area contributed by atoms with Crippen LogP contribution in [-0.2, 0) is 9.53 Å². The zero-order valence-corrected chi connectivity index (χ0v) is 23.4. The SMILES string of the molecule is C/C(=C(/C#N)C(=O)N[C@H]1CO[C@H](CO)[C@@H](O)[C@@H]1O)c1ccc(-c2ccc3cc(N4CCN(C)CC4)ccc3c2)s1. The Morgan fingerprint density at radius 1 is 1.07 bits per heavy atom. The van der Waals surface area contributed by atoms with E-state index in [0.29, 0.717) is 5.57 Å². The standard InChI is InChI=1S/C30H34N4O5S/c1-18(23(15-31)30(38)32-24-17-39-25(16-35)29(37)28(24)36)26-7-8-27(40-26)21-4-3-20-14-22(6-5-19(20)13-21)34-11-9-33(2)10-12-34/h3-8,13-14,24-25,28-29,35-37H,9-12,16-17H2,1-2H3,(H,32,38)/b23-18+/t24-,25+,28+,29+/m0/s1. The smallest absolute Gasteiger partial charge is 0.262 e. The number of aliphatic hydroxyl groups is 3. The Hall–Kier alpha value is -3.30. The van der Waals surface area contributed by atoms with E-state index < -0.39 is 36.9 Å². The lowest BCUT2D eigenvalue weighted by atomic mass is 9.98. The van der Waals surface area contributed by atoms with E-state index >= 15 is 0 Å². The molecular weight excluding hydrogens is 528 g/mol. The minimum atomic E-state index is -1.35. The van der Waals surface area contributed by atoms with E-state index in [1.165, 1.54) is 22.4 Å². The molecule has 0 saturated carbocycles. The first-order valence-corrected chi connectivity index (χ1v) is 14.2. The summed E-state index contributed by atoms with van der Waals surface area (Å²) in [6.45, 7) is 5.35. The summed E-state index contributed by atoms with van der Waals surface area (Å²) < 4.78 is 5.33. The first kappa shape index (κ1) is 28.2. The van der Waals surface area contributed by atoms with Crippen LogP contribution in [0.5, 0.6) is 0 Å².